The molecule has 16 heavy (non-hydrogen) atoms. The minimum atomic E-state index is 0.378. The van der Waals surface area contributed by atoms with Crippen LogP contribution in [0.15, 0.2) is 35.7 Å². The van der Waals surface area contributed by atoms with E-state index >= 15 is 0 Å². The molecule has 0 aliphatic heterocycles. The molecule has 0 saturated carbocycles. The fraction of sp³-hybridized carbons (Fsp3) is 0.0909. The molecule has 0 radical (unpaired) electrons. The third kappa shape index (κ3) is 1.41. The fourth-order valence-corrected chi connectivity index (χ4v) is 2.47. The molecule has 0 atom stereocenters. The van der Waals surface area contributed by atoms with E-state index in [0.29, 0.717) is 12.4 Å². The lowest BCUT2D eigenvalue weighted by Crippen LogP contribution is -1.99. The van der Waals surface area contributed by atoms with Crippen LogP contribution in [0, 0.1) is 0 Å². The number of rotatable bonds is 2. The van der Waals surface area contributed by atoms with Crippen LogP contribution in [0.1, 0.15) is 5.82 Å². The molecule has 80 valence electrons. The van der Waals surface area contributed by atoms with E-state index in [4.69, 9.17) is 5.73 Å². The summed E-state index contributed by atoms with van der Waals surface area (Å²) in [5.41, 5.74) is 7.73. The van der Waals surface area contributed by atoms with E-state index in [1.54, 1.807) is 11.3 Å². The molecular weight excluding hydrogens is 220 g/mol. The molecule has 1 aromatic carbocycles. The number of hydrogen-bond donors (Lipinski definition) is 1. The van der Waals surface area contributed by atoms with E-state index in [1.165, 1.54) is 0 Å². The van der Waals surface area contributed by atoms with Crippen molar-refractivity contribution in [1.82, 2.24) is 14.6 Å². The maximum Gasteiger partial charge on any atom is 0.212 e. The second kappa shape index (κ2) is 3.70. The van der Waals surface area contributed by atoms with Gasteiger partial charge in [0, 0.05) is 10.9 Å². The van der Waals surface area contributed by atoms with Gasteiger partial charge in [0.25, 0.3) is 0 Å². The summed E-state index contributed by atoms with van der Waals surface area (Å²) in [6.07, 6.45) is 0. The summed E-state index contributed by atoms with van der Waals surface area (Å²) in [5.74, 6) is 0.684. The Labute approximate surface area is 96.4 Å². The SMILES string of the molecule is NCc1nc2scc(-c3ccccc3)n2n1. The lowest BCUT2D eigenvalue weighted by molar-refractivity contribution is 0.876. The standard InChI is InChI=1S/C11H10N4S/c12-6-10-13-11-15(14-10)9(7-16-11)8-4-2-1-3-5-8/h1-5,7H,6,12H2. The molecule has 4 nitrogen and oxygen atoms in total. The Hall–Kier alpha value is -1.72. The quantitative estimate of drug-likeness (QED) is 0.731. The van der Waals surface area contributed by atoms with Gasteiger partial charge in [-0.15, -0.1) is 16.4 Å². The summed E-state index contributed by atoms with van der Waals surface area (Å²) in [4.78, 5) is 5.21. The molecule has 2 N–H and O–H groups in total. The summed E-state index contributed by atoms with van der Waals surface area (Å²) < 4.78 is 1.85. The Morgan fingerprint density at radius 3 is 2.81 bits per heavy atom. The predicted octanol–water partition coefficient (Wildman–Crippen LogP) is 1.92. The first-order chi connectivity index (χ1) is 7.88. The smallest absolute Gasteiger partial charge is 0.212 e. The predicted molar refractivity (Wildman–Crippen MR) is 64.2 cm³/mol. The van der Waals surface area contributed by atoms with Gasteiger partial charge >= 0.3 is 0 Å². The number of fused-ring (bicyclic) bond motifs is 1. The highest BCUT2D eigenvalue weighted by Crippen LogP contribution is 2.24. The molecule has 0 bridgehead atoms. The molecule has 0 unspecified atom stereocenters. The average Bonchev–Trinajstić information content (AvgIpc) is 2.88. The number of thiazole rings is 1. The first-order valence-electron chi connectivity index (χ1n) is 4.97. The zero-order valence-corrected chi connectivity index (χ0v) is 9.31. The van der Waals surface area contributed by atoms with Crippen LogP contribution in [0.5, 0.6) is 0 Å². The molecule has 3 aromatic rings. The molecule has 2 heterocycles. The lowest BCUT2D eigenvalue weighted by Gasteiger charge is -1.96. The number of aromatic nitrogens is 3. The van der Waals surface area contributed by atoms with Crippen LogP contribution in [0.4, 0.5) is 0 Å². The van der Waals surface area contributed by atoms with Gasteiger partial charge in [0.05, 0.1) is 12.2 Å². The van der Waals surface area contributed by atoms with E-state index in [1.807, 2.05) is 22.7 Å². The van der Waals surface area contributed by atoms with Crippen molar-refractivity contribution in [3.05, 3.63) is 41.5 Å². The van der Waals surface area contributed by atoms with Gasteiger partial charge in [0.2, 0.25) is 4.96 Å². The summed E-state index contributed by atoms with van der Waals surface area (Å²) in [6, 6.07) is 10.1. The first-order valence-corrected chi connectivity index (χ1v) is 5.85. The minimum Gasteiger partial charge on any atom is -0.324 e. The maximum absolute atomic E-state index is 5.53. The second-order valence-electron chi connectivity index (χ2n) is 3.41. The summed E-state index contributed by atoms with van der Waals surface area (Å²) in [5, 5.41) is 6.42. The molecular formula is C11H10N4S. The highest BCUT2D eigenvalue weighted by molar-refractivity contribution is 7.15. The third-order valence-corrected chi connectivity index (χ3v) is 3.19. The molecule has 3 rings (SSSR count). The van der Waals surface area contributed by atoms with Crippen LogP contribution in [0.25, 0.3) is 16.2 Å². The van der Waals surface area contributed by atoms with E-state index in [2.05, 4.69) is 27.6 Å². The van der Waals surface area contributed by atoms with Crippen molar-refractivity contribution in [1.29, 1.82) is 0 Å². The van der Waals surface area contributed by atoms with Gasteiger partial charge in [0.1, 0.15) is 0 Å². The van der Waals surface area contributed by atoms with E-state index in [-0.39, 0.29) is 0 Å². The highest BCUT2D eigenvalue weighted by atomic mass is 32.1. The Bertz CT molecular complexity index is 611. The zero-order chi connectivity index (χ0) is 11.0. The lowest BCUT2D eigenvalue weighted by atomic mass is 10.2. The Morgan fingerprint density at radius 2 is 2.06 bits per heavy atom. The summed E-state index contributed by atoms with van der Waals surface area (Å²) >= 11 is 1.58. The van der Waals surface area contributed by atoms with Crippen LogP contribution >= 0.6 is 11.3 Å². The third-order valence-electron chi connectivity index (χ3n) is 2.38. The summed E-state index contributed by atoms with van der Waals surface area (Å²) in [6.45, 7) is 0.378. The molecule has 0 fully saturated rings. The van der Waals surface area contributed by atoms with Gasteiger partial charge in [-0.25, -0.2) is 9.50 Å². The van der Waals surface area contributed by atoms with Crippen LogP contribution in [-0.2, 0) is 6.54 Å². The molecule has 0 saturated heterocycles. The van der Waals surface area contributed by atoms with Crippen molar-refractivity contribution >= 4 is 16.3 Å². The van der Waals surface area contributed by atoms with Gasteiger partial charge in [-0.3, -0.25) is 0 Å². The molecule has 0 spiro atoms. The number of nitrogens with two attached hydrogens (primary N) is 1. The fourth-order valence-electron chi connectivity index (χ4n) is 1.62. The van der Waals surface area contributed by atoms with Gasteiger partial charge in [-0.2, -0.15) is 0 Å². The first kappa shape index (κ1) is 9.50. The number of nitrogens with zero attached hydrogens (tertiary/aromatic N) is 3. The van der Waals surface area contributed by atoms with Crippen molar-refractivity contribution in [3.8, 4) is 11.3 Å². The van der Waals surface area contributed by atoms with Crippen molar-refractivity contribution in [3.63, 3.8) is 0 Å². The normalized spacial score (nSPS) is 11.1. The summed E-state index contributed by atoms with van der Waals surface area (Å²) in [7, 11) is 0. The van der Waals surface area contributed by atoms with Crippen LogP contribution in [0.2, 0.25) is 0 Å². The van der Waals surface area contributed by atoms with Crippen molar-refractivity contribution in [2.24, 2.45) is 5.73 Å². The Balaban J connectivity index is 2.20. The number of benzene rings is 1. The molecule has 5 heteroatoms. The molecule has 0 aliphatic carbocycles. The van der Waals surface area contributed by atoms with Crippen LogP contribution < -0.4 is 5.73 Å². The van der Waals surface area contributed by atoms with Gasteiger partial charge in [-0.1, -0.05) is 30.3 Å². The molecule has 2 aromatic heterocycles. The van der Waals surface area contributed by atoms with Gasteiger partial charge in [0.15, 0.2) is 5.82 Å². The van der Waals surface area contributed by atoms with Crippen LogP contribution in [-0.4, -0.2) is 14.6 Å². The zero-order valence-electron chi connectivity index (χ0n) is 8.50. The monoisotopic (exact) mass is 230 g/mol. The van der Waals surface area contributed by atoms with Crippen molar-refractivity contribution < 1.29 is 0 Å². The van der Waals surface area contributed by atoms with Gasteiger partial charge < -0.3 is 5.73 Å². The minimum absolute atomic E-state index is 0.378. The Morgan fingerprint density at radius 1 is 1.25 bits per heavy atom. The molecule has 0 amide bonds. The molecule has 0 aliphatic rings. The Kier molecular flexibility index (Phi) is 2.19. The second-order valence-corrected chi connectivity index (χ2v) is 4.25. The van der Waals surface area contributed by atoms with E-state index < -0.39 is 0 Å². The van der Waals surface area contributed by atoms with Crippen molar-refractivity contribution in [2.75, 3.05) is 0 Å². The van der Waals surface area contributed by atoms with Gasteiger partial charge in [-0.05, 0) is 0 Å². The average molecular weight is 230 g/mol. The topological polar surface area (TPSA) is 56.2 Å². The maximum atomic E-state index is 5.53. The largest absolute Gasteiger partial charge is 0.324 e. The van der Waals surface area contributed by atoms with Crippen molar-refractivity contribution in [2.45, 2.75) is 6.54 Å². The highest BCUT2D eigenvalue weighted by Gasteiger charge is 2.09. The van der Waals surface area contributed by atoms with Crippen LogP contribution in [0.3, 0.4) is 0 Å². The number of hydrogen-bond acceptors (Lipinski definition) is 4. The van der Waals surface area contributed by atoms with E-state index in [0.717, 1.165) is 16.2 Å². The van der Waals surface area contributed by atoms with E-state index in [9.17, 15) is 0 Å².